The lowest BCUT2D eigenvalue weighted by Gasteiger charge is -2.12. The lowest BCUT2D eigenvalue weighted by Crippen LogP contribution is -1.94. The van der Waals surface area contributed by atoms with E-state index in [1.54, 1.807) is 0 Å². The van der Waals surface area contributed by atoms with E-state index >= 15 is 0 Å². The molecule has 0 aliphatic heterocycles. The molecular formula is C14H13NO. The summed E-state index contributed by atoms with van der Waals surface area (Å²) in [6, 6.07) is 11.6. The molecule has 2 rings (SSSR count). The van der Waals surface area contributed by atoms with Gasteiger partial charge in [-0.2, -0.15) is 5.26 Å². The standard InChI is InChI=1S/C14H13NO/c1-9(2)12-7-10-5-3-4-6-11(10)14(16)13(12)8-15/h3-7,9,16H,1-2H3. The molecule has 2 aromatic rings. The summed E-state index contributed by atoms with van der Waals surface area (Å²) in [6.45, 7) is 4.04. The largest absolute Gasteiger partial charge is 0.506 e. The first-order chi connectivity index (χ1) is 7.65. The van der Waals surface area contributed by atoms with Crippen LogP contribution in [0, 0.1) is 11.3 Å². The lowest BCUT2D eigenvalue weighted by atomic mass is 9.93. The first-order valence-corrected chi connectivity index (χ1v) is 5.30. The van der Waals surface area contributed by atoms with Crippen LogP contribution in [0.3, 0.4) is 0 Å². The maximum Gasteiger partial charge on any atom is 0.141 e. The van der Waals surface area contributed by atoms with Gasteiger partial charge in [-0.25, -0.2) is 0 Å². The Hall–Kier alpha value is -2.01. The van der Waals surface area contributed by atoms with Crippen molar-refractivity contribution in [2.75, 3.05) is 0 Å². The Kier molecular flexibility index (Phi) is 2.54. The van der Waals surface area contributed by atoms with Gasteiger partial charge in [0.15, 0.2) is 0 Å². The summed E-state index contributed by atoms with van der Waals surface area (Å²) < 4.78 is 0. The van der Waals surface area contributed by atoms with Crippen LogP contribution in [0.5, 0.6) is 5.75 Å². The van der Waals surface area contributed by atoms with E-state index in [1.165, 1.54) is 0 Å². The highest BCUT2D eigenvalue weighted by molar-refractivity contribution is 5.91. The second-order valence-corrected chi connectivity index (χ2v) is 4.18. The molecule has 0 radical (unpaired) electrons. The predicted octanol–water partition coefficient (Wildman–Crippen LogP) is 3.54. The molecule has 1 N–H and O–H groups in total. The second kappa shape index (κ2) is 3.86. The molecule has 0 aromatic heterocycles. The van der Waals surface area contributed by atoms with Gasteiger partial charge in [-0.3, -0.25) is 0 Å². The first kappa shape index (κ1) is 10.5. The summed E-state index contributed by atoms with van der Waals surface area (Å²) in [5, 5.41) is 20.9. The van der Waals surface area contributed by atoms with Crippen molar-refractivity contribution >= 4 is 10.8 Å². The lowest BCUT2D eigenvalue weighted by molar-refractivity contribution is 0.478. The molecule has 2 aromatic carbocycles. The first-order valence-electron chi connectivity index (χ1n) is 5.30. The van der Waals surface area contributed by atoms with Crippen molar-refractivity contribution in [2.45, 2.75) is 19.8 Å². The van der Waals surface area contributed by atoms with Crippen molar-refractivity contribution in [3.05, 3.63) is 41.5 Å². The van der Waals surface area contributed by atoms with Crippen molar-refractivity contribution in [3.63, 3.8) is 0 Å². The Balaban J connectivity index is 2.88. The maximum absolute atomic E-state index is 10.1. The Morgan fingerprint density at radius 2 is 1.94 bits per heavy atom. The average molecular weight is 211 g/mol. The summed E-state index contributed by atoms with van der Waals surface area (Å²) in [4.78, 5) is 0. The molecule has 2 nitrogen and oxygen atoms in total. The van der Waals surface area contributed by atoms with Gasteiger partial charge in [-0.15, -0.1) is 0 Å². The van der Waals surface area contributed by atoms with Crippen LogP contribution >= 0.6 is 0 Å². The third kappa shape index (κ3) is 1.51. The zero-order chi connectivity index (χ0) is 11.7. The van der Waals surface area contributed by atoms with Crippen LogP contribution in [0.2, 0.25) is 0 Å². The zero-order valence-electron chi connectivity index (χ0n) is 9.36. The van der Waals surface area contributed by atoms with Gasteiger partial charge < -0.3 is 5.11 Å². The predicted molar refractivity (Wildman–Crippen MR) is 64.4 cm³/mol. The number of phenols is 1. The number of aromatic hydroxyl groups is 1. The number of nitriles is 1. The van der Waals surface area contributed by atoms with Gasteiger partial charge in [0, 0.05) is 5.39 Å². The van der Waals surface area contributed by atoms with E-state index in [0.717, 1.165) is 16.3 Å². The van der Waals surface area contributed by atoms with Crippen molar-refractivity contribution in [2.24, 2.45) is 0 Å². The van der Waals surface area contributed by atoms with Crippen molar-refractivity contribution in [1.29, 1.82) is 5.26 Å². The molecule has 0 spiro atoms. The Morgan fingerprint density at radius 1 is 1.25 bits per heavy atom. The molecular weight excluding hydrogens is 198 g/mol. The third-order valence-corrected chi connectivity index (χ3v) is 2.79. The van der Waals surface area contributed by atoms with Gasteiger partial charge in [-0.1, -0.05) is 38.1 Å². The zero-order valence-corrected chi connectivity index (χ0v) is 9.36. The van der Waals surface area contributed by atoms with Crippen molar-refractivity contribution in [3.8, 4) is 11.8 Å². The summed E-state index contributed by atoms with van der Waals surface area (Å²) in [6.07, 6.45) is 0. The van der Waals surface area contributed by atoms with E-state index in [2.05, 4.69) is 6.07 Å². The molecule has 0 bridgehead atoms. The van der Waals surface area contributed by atoms with E-state index < -0.39 is 0 Å². The van der Waals surface area contributed by atoms with E-state index in [9.17, 15) is 5.11 Å². The SMILES string of the molecule is CC(C)c1cc2ccccc2c(O)c1C#N. The smallest absolute Gasteiger partial charge is 0.141 e. The molecule has 0 amide bonds. The van der Waals surface area contributed by atoms with Gasteiger partial charge in [0.05, 0.1) is 5.56 Å². The summed E-state index contributed by atoms with van der Waals surface area (Å²) >= 11 is 0. The second-order valence-electron chi connectivity index (χ2n) is 4.18. The van der Waals surface area contributed by atoms with Crippen LogP contribution in [0.25, 0.3) is 10.8 Å². The number of hydrogen-bond donors (Lipinski definition) is 1. The molecule has 2 heteroatoms. The van der Waals surface area contributed by atoms with Gasteiger partial charge in [0.2, 0.25) is 0 Å². The Morgan fingerprint density at radius 3 is 2.56 bits per heavy atom. The molecule has 0 atom stereocenters. The fraction of sp³-hybridized carbons (Fsp3) is 0.214. The van der Waals surface area contributed by atoms with Crippen molar-refractivity contribution < 1.29 is 5.11 Å². The minimum absolute atomic E-state index is 0.101. The van der Waals surface area contributed by atoms with Crippen LogP contribution in [0.1, 0.15) is 30.9 Å². The monoisotopic (exact) mass is 211 g/mol. The quantitative estimate of drug-likeness (QED) is 0.784. The number of fused-ring (bicyclic) bond motifs is 1. The highest BCUT2D eigenvalue weighted by atomic mass is 16.3. The highest BCUT2D eigenvalue weighted by Gasteiger charge is 2.14. The third-order valence-electron chi connectivity index (χ3n) is 2.79. The molecule has 0 unspecified atom stereocenters. The summed E-state index contributed by atoms with van der Waals surface area (Å²) in [7, 11) is 0. The molecule has 0 aliphatic carbocycles. The van der Waals surface area contributed by atoms with E-state index in [0.29, 0.717) is 5.56 Å². The fourth-order valence-corrected chi connectivity index (χ4v) is 1.92. The van der Waals surface area contributed by atoms with Crippen LogP contribution in [-0.4, -0.2) is 5.11 Å². The maximum atomic E-state index is 10.1. The van der Waals surface area contributed by atoms with Crippen LogP contribution < -0.4 is 0 Å². The van der Waals surface area contributed by atoms with Gasteiger partial charge >= 0.3 is 0 Å². The number of hydrogen-bond acceptors (Lipinski definition) is 2. The number of phenolic OH excluding ortho intramolecular Hbond substituents is 1. The molecule has 80 valence electrons. The van der Waals surface area contributed by atoms with E-state index in [4.69, 9.17) is 5.26 Å². The minimum Gasteiger partial charge on any atom is -0.506 e. The number of nitrogens with zero attached hydrogens (tertiary/aromatic N) is 1. The van der Waals surface area contributed by atoms with E-state index in [1.807, 2.05) is 44.2 Å². The highest BCUT2D eigenvalue weighted by Crippen LogP contribution is 2.34. The van der Waals surface area contributed by atoms with Crippen LogP contribution in [0.4, 0.5) is 0 Å². The molecule has 0 heterocycles. The van der Waals surface area contributed by atoms with Crippen LogP contribution in [0.15, 0.2) is 30.3 Å². The minimum atomic E-state index is 0.101. The molecule has 0 aliphatic rings. The molecule has 0 saturated carbocycles. The molecule has 16 heavy (non-hydrogen) atoms. The normalized spacial score (nSPS) is 10.6. The Labute approximate surface area is 94.8 Å². The van der Waals surface area contributed by atoms with Gasteiger partial charge in [0.25, 0.3) is 0 Å². The van der Waals surface area contributed by atoms with Crippen LogP contribution in [-0.2, 0) is 0 Å². The number of benzene rings is 2. The summed E-state index contributed by atoms with van der Waals surface area (Å²) in [5.41, 5.74) is 1.30. The molecule has 0 fully saturated rings. The molecule has 0 saturated heterocycles. The number of rotatable bonds is 1. The summed E-state index contributed by atoms with van der Waals surface area (Å²) in [5.74, 6) is 0.328. The van der Waals surface area contributed by atoms with Gasteiger partial charge in [-0.05, 0) is 22.9 Å². The van der Waals surface area contributed by atoms with Crippen molar-refractivity contribution in [1.82, 2.24) is 0 Å². The van der Waals surface area contributed by atoms with E-state index in [-0.39, 0.29) is 11.7 Å². The average Bonchev–Trinajstić information content (AvgIpc) is 2.29. The fourth-order valence-electron chi connectivity index (χ4n) is 1.92. The topological polar surface area (TPSA) is 44.0 Å². The van der Waals surface area contributed by atoms with Gasteiger partial charge in [0.1, 0.15) is 11.8 Å². The Bertz CT molecular complexity index is 579.